The summed E-state index contributed by atoms with van der Waals surface area (Å²) in [6.45, 7) is 8.26. The molecule has 1 aromatic carbocycles. The average molecular weight is 498 g/mol. The molecule has 1 N–H and O–H groups in total. The van der Waals surface area contributed by atoms with Crippen LogP contribution in [0.5, 0.6) is 0 Å². The number of aromatic nitrogens is 3. The molecule has 0 bridgehead atoms. The van der Waals surface area contributed by atoms with Crippen LogP contribution in [-0.2, 0) is 17.7 Å². The van der Waals surface area contributed by atoms with Crippen molar-refractivity contribution < 1.29 is 18.3 Å². The summed E-state index contributed by atoms with van der Waals surface area (Å²) in [7, 11) is 1.60. The van der Waals surface area contributed by atoms with Gasteiger partial charge >= 0.3 is 0 Å². The first kappa shape index (κ1) is 25.4. The number of ether oxygens (including phenoxy) is 1. The molecule has 1 aliphatic rings. The molecule has 36 heavy (non-hydrogen) atoms. The van der Waals surface area contributed by atoms with Crippen molar-refractivity contribution in [2.75, 3.05) is 29.9 Å². The fourth-order valence-electron chi connectivity index (χ4n) is 4.16. The Morgan fingerprint density at radius 1 is 1.19 bits per heavy atom. The van der Waals surface area contributed by atoms with E-state index in [0.717, 1.165) is 24.1 Å². The average Bonchev–Trinajstić information content (AvgIpc) is 2.81. The van der Waals surface area contributed by atoms with Crippen molar-refractivity contribution in [1.82, 2.24) is 14.8 Å². The maximum Gasteiger partial charge on any atom is 0.290 e. The quantitative estimate of drug-likeness (QED) is 0.570. The molecular formula is C26H29F2N5O3. The number of halogens is 2. The number of nitrogens with one attached hydrogen (secondary N) is 1. The van der Waals surface area contributed by atoms with Crippen molar-refractivity contribution in [3.05, 3.63) is 69.8 Å². The number of aryl methyl sites for hydroxylation is 2. The van der Waals surface area contributed by atoms with Crippen LogP contribution in [0.15, 0.2) is 47.4 Å². The SMILES string of the molecule is Cc1ccc(NC(=O)c2ccnc(C(C)(F)F)c2)cc1-c1cc(N2CCOC(C)(C)C2)c(=O)n(C)n1. The topological polar surface area (TPSA) is 89.4 Å². The molecule has 0 spiro atoms. The summed E-state index contributed by atoms with van der Waals surface area (Å²) in [5.74, 6) is -3.70. The number of pyridine rings is 1. The van der Waals surface area contributed by atoms with Crippen molar-refractivity contribution in [2.24, 2.45) is 7.05 Å². The van der Waals surface area contributed by atoms with Gasteiger partial charge in [-0.2, -0.15) is 13.9 Å². The summed E-state index contributed by atoms with van der Waals surface area (Å²) in [5.41, 5.74) is 2.18. The van der Waals surface area contributed by atoms with Crippen LogP contribution in [0.2, 0.25) is 0 Å². The van der Waals surface area contributed by atoms with E-state index in [4.69, 9.17) is 4.74 Å². The lowest BCUT2D eigenvalue weighted by Gasteiger charge is -2.39. The van der Waals surface area contributed by atoms with Gasteiger partial charge < -0.3 is 15.0 Å². The van der Waals surface area contributed by atoms with Gasteiger partial charge in [-0.15, -0.1) is 0 Å². The van der Waals surface area contributed by atoms with E-state index >= 15 is 0 Å². The van der Waals surface area contributed by atoms with E-state index < -0.39 is 17.5 Å². The van der Waals surface area contributed by atoms with Gasteiger partial charge in [-0.05, 0) is 56.7 Å². The van der Waals surface area contributed by atoms with E-state index in [9.17, 15) is 18.4 Å². The molecule has 8 nitrogen and oxygen atoms in total. The van der Waals surface area contributed by atoms with Crippen molar-refractivity contribution >= 4 is 17.3 Å². The number of rotatable bonds is 5. The summed E-state index contributed by atoms with van der Waals surface area (Å²) < 4.78 is 34.4. The zero-order valence-electron chi connectivity index (χ0n) is 20.9. The van der Waals surface area contributed by atoms with Crippen molar-refractivity contribution in [3.63, 3.8) is 0 Å². The zero-order valence-corrected chi connectivity index (χ0v) is 20.9. The predicted molar refractivity (Wildman–Crippen MR) is 134 cm³/mol. The normalized spacial score (nSPS) is 15.6. The molecule has 0 atom stereocenters. The van der Waals surface area contributed by atoms with Gasteiger partial charge in [0.1, 0.15) is 11.4 Å². The summed E-state index contributed by atoms with van der Waals surface area (Å²) >= 11 is 0. The highest BCUT2D eigenvalue weighted by atomic mass is 19.3. The summed E-state index contributed by atoms with van der Waals surface area (Å²) in [5, 5.41) is 7.21. The number of hydrogen-bond acceptors (Lipinski definition) is 6. The second-order valence-corrected chi connectivity index (χ2v) is 9.68. The van der Waals surface area contributed by atoms with Crippen LogP contribution in [0.4, 0.5) is 20.2 Å². The number of benzene rings is 1. The van der Waals surface area contributed by atoms with Crippen LogP contribution in [-0.4, -0.2) is 46.0 Å². The first-order chi connectivity index (χ1) is 16.8. The molecule has 4 rings (SSSR count). The highest BCUT2D eigenvalue weighted by Gasteiger charge is 2.29. The van der Waals surface area contributed by atoms with Gasteiger partial charge in [-0.3, -0.25) is 14.6 Å². The lowest BCUT2D eigenvalue weighted by molar-refractivity contribution is -0.0277. The number of alkyl halides is 2. The van der Waals surface area contributed by atoms with Gasteiger partial charge in [0.05, 0.1) is 17.9 Å². The third-order valence-electron chi connectivity index (χ3n) is 6.05. The zero-order chi connectivity index (χ0) is 26.3. The van der Waals surface area contributed by atoms with E-state index in [1.807, 2.05) is 31.7 Å². The van der Waals surface area contributed by atoms with Crippen LogP contribution in [0.25, 0.3) is 11.3 Å². The molecule has 0 saturated carbocycles. The molecule has 190 valence electrons. The van der Waals surface area contributed by atoms with Crippen molar-refractivity contribution in [2.45, 2.75) is 39.2 Å². The second kappa shape index (κ2) is 9.42. The van der Waals surface area contributed by atoms with Crippen LogP contribution < -0.4 is 15.8 Å². The number of amides is 1. The molecule has 0 unspecified atom stereocenters. The Morgan fingerprint density at radius 2 is 1.94 bits per heavy atom. The van der Waals surface area contributed by atoms with Crippen LogP contribution in [0.3, 0.4) is 0 Å². The van der Waals surface area contributed by atoms with Gasteiger partial charge in [0, 0.05) is 50.1 Å². The fourth-order valence-corrected chi connectivity index (χ4v) is 4.16. The van der Waals surface area contributed by atoms with Crippen LogP contribution in [0.1, 0.15) is 42.4 Å². The van der Waals surface area contributed by atoms with Gasteiger partial charge in [-0.1, -0.05) is 6.07 Å². The third kappa shape index (κ3) is 5.43. The Hall–Kier alpha value is -3.66. The van der Waals surface area contributed by atoms with Crippen molar-refractivity contribution in [1.29, 1.82) is 0 Å². The molecule has 10 heteroatoms. The van der Waals surface area contributed by atoms with Crippen molar-refractivity contribution in [3.8, 4) is 11.3 Å². The Bertz CT molecular complexity index is 1360. The standard InChI is InChI=1S/C26H29F2N5O3/c1-16-6-7-18(30-23(34)17-8-9-29-22(12-17)26(4,27)28)13-19(16)20-14-21(24(35)32(5)31-20)33-10-11-36-25(2,3)15-33/h6-9,12-14H,10-11,15H2,1-5H3,(H,30,34). The number of carbonyl (C=O) groups excluding carboxylic acids is 1. The first-order valence-corrected chi connectivity index (χ1v) is 11.6. The minimum absolute atomic E-state index is 0.0705. The molecule has 1 saturated heterocycles. The number of anilines is 2. The summed E-state index contributed by atoms with van der Waals surface area (Å²) in [6.07, 6.45) is 1.19. The second-order valence-electron chi connectivity index (χ2n) is 9.68. The molecule has 3 aromatic rings. The fraction of sp³-hybridized carbons (Fsp3) is 0.385. The number of carbonyl (C=O) groups is 1. The van der Waals surface area contributed by atoms with Crippen LogP contribution in [0, 0.1) is 6.92 Å². The number of hydrogen-bond donors (Lipinski definition) is 1. The maximum absolute atomic E-state index is 13.6. The van der Waals surface area contributed by atoms with Crippen LogP contribution >= 0.6 is 0 Å². The molecule has 3 heterocycles. The Morgan fingerprint density at radius 3 is 2.64 bits per heavy atom. The molecular weight excluding hydrogens is 468 g/mol. The third-order valence-corrected chi connectivity index (χ3v) is 6.05. The van der Waals surface area contributed by atoms with E-state index in [0.29, 0.717) is 36.8 Å². The van der Waals surface area contributed by atoms with Gasteiger partial charge in [0.15, 0.2) is 0 Å². The first-order valence-electron chi connectivity index (χ1n) is 11.6. The maximum atomic E-state index is 13.6. The minimum Gasteiger partial charge on any atom is -0.372 e. The van der Waals surface area contributed by atoms with E-state index in [2.05, 4.69) is 15.4 Å². The highest BCUT2D eigenvalue weighted by molar-refractivity contribution is 6.04. The Kier molecular flexibility index (Phi) is 6.66. The molecule has 1 fully saturated rings. The molecule has 0 aliphatic carbocycles. The smallest absolute Gasteiger partial charge is 0.290 e. The molecule has 0 radical (unpaired) electrons. The number of nitrogens with zero attached hydrogens (tertiary/aromatic N) is 4. The van der Waals surface area contributed by atoms with Gasteiger partial charge in [0.25, 0.3) is 17.4 Å². The summed E-state index contributed by atoms with van der Waals surface area (Å²) in [6, 6.07) is 9.52. The lowest BCUT2D eigenvalue weighted by atomic mass is 10.0. The van der Waals surface area contributed by atoms with Gasteiger partial charge in [-0.25, -0.2) is 4.68 Å². The Balaban J connectivity index is 1.66. The highest BCUT2D eigenvalue weighted by Crippen LogP contribution is 2.29. The Labute approximate surface area is 207 Å². The van der Waals surface area contributed by atoms with E-state index in [-0.39, 0.29) is 16.7 Å². The molecule has 1 amide bonds. The number of morpholine rings is 1. The van der Waals surface area contributed by atoms with Gasteiger partial charge in [0.2, 0.25) is 0 Å². The molecule has 2 aromatic heterocycles. The van der Waals surface area contributed by atoms with E-state index in [1.54, 1.807) is 25.2 Å². The largest absolute Gasteiger partial charge is 0.372 e. The van der Waals surface area contributed by atoms with E-state index in [1.165, 1.54) is 16.9 Å². The summed E-state index contributed by atoms with van der Waals surface area (Å²) in [4.78, 5) is 31.4. The predicted octanol–water partition coefficient (Wildman–Crippen LogP) is 4.13. The minimum atomic E-state index is -3.16. The monoisotopic (exact) mass is 497 g/mol. The lowest BCUT2D eigenvalue weighted by Crippen LogP contribution is -2.50. The molecule has 1 aliphatic heterocycles.